The lowest BCUT2D eigenvalue weighted by Crippen LogP contribution is -2.49. The van der Waals surface area contributed by atoms with Gasteiger partial charge >= 0.3 is 11.9 Å². The van der Waals surface area contributed by atoms with E-state index in [0.29, 0.717) is 18.7 Å². The highest BCUT2D eigenvalue weighted by Gasteiger charge is 2.32. The van der Waals surface area contributed by atoms with Gasteiger partial charge in [0.2, 0.25) is 0 Å². The van der Waals surface area contributed by atoms with E-state index in [1.807, 2.05) is 41.3 Å². The first-order valence-corrected chi connectivity index (χ1v) is 10.4. The Hall–Kier alpha value is -3.23. The molecule has 3 aromatic rings. The molecular formula is C23H26N4O4. The fourth-order valence-electron chi connectivity index (χ4n) is 4.34. The van der Waals surface area contributed by atoms with E-state index in [9.17, 15) is 19.8 Å². The van der Waals surface area contributed by atoms with Crippen LogP contribution in [0.25, 0.3) is 10.9 Å². The van der Waals surface area contributed by atoms with E-state index in [1.54, 1.807) is 23.2 Å². The van der Waals surface area contributed by atoms with Crippen LogP contribution in [0.5, 0.6) is 0 Å². The first kappa shape index (κ1) is 21.0. The molecule has 1 aliphatic rings. The quantitative estimate of drug-likeness (QED) is 0.574. The second-order valence-corrected chi connectivity index (χ2v) is 7.85. The van der Waals surface area contributed by atoms with Crippen molar-refractivity contribution in [2.45, 2.75) is 19.0 Å². The molecule has 1 aromatic carbocycles. The number of carboxylic acid groups (broad SMARTS) is 2. The fraction of sp³-hybridized carbons (Fsp3) is 0.348. The number of hydrogen-bond donors (Lipinski definition) is 2. The minimum absolute atomic E-state index is 0.199. The van der Waals surface area contributed by atoms with Gasteiger partial charge in [-0.2, -0.15) is 0 Å². The largest absolute Gasteiger partial charge is 0.480 e. The molecule has 0 aliphatic carbocycles. The number of para-hydroxylation sites is 1. The summed E-state index contributed by atoms with van der Waals surface area (Å²) in [5.74, 6) is -1.87. The lowest BCUT2D eigenvalue weighted by Gasteiger charge is -2.37. The van der Waals surface area contributed by atoms with Gasteiger partial charge in [0.1, 0.15) is 12.6 Å². The molecule has 0 saturated carbocycles. The summed E-state index contributed by atoms with van der Waals surface area (Å²) in [5.41, 5.74) is 2.63. The second-order valence-electron chi connectivity index (χ2n) is 7.85. The molecule has 0 spiro atoms. The summed E-state index contributed by atoms with van der Waals surface area (Å²) in [6.45, 7) is 3.60. The number of aliphatic carboxylic acids is 2. The van der Waals surface area contributed by atoms with Crippen molar-refractivity contribution in [1.29, 1.82) is 0 Å². The summed E-state index contributed by atoms with van der Waals surface area (Å²) in [6, 6.07) is 10.6. The van der Waals surface area contributed by atoms with Gasteiger partial charge < -0.3 is 19.7 Å². The van der Waals surface area contributed by atoms with E-state index < -0.39 is 18.0 Å². The molecule has 1 saturated heterocycles. The van der Waals surface area contributed by atoms with E-state index in [4.69, 9.17) is 0 Å². The van der Waals surface area contributed by atoms with Crippen LogP contribution in [0.4, 0.5) is 0 Å². The van der Waals surface area contributed by atoms with Crippen molar-refractivity contribution in [3.8, 4) is 0 Å². The average Bonchev–Trinajstić information content (AvgIpc) is 3.11. The maximum atomic E-state index is 12.3. The Kier molecular flexibility index (Phi) is 6.29. The molecular weight excluding hydrogens is 396 g/mol. The third-order valence-electron chi connectivity index (χ3n) is 5.89. The number of aromatic nitrogens is 2. The number of nitrogens with zero attached hydrogens (tertiary/aromatic N) is 4. The highest BCUT2D eigenvalue weighted by atomic mass is 16.4. The van der Waals surface area contributed by atoms with E-state index in [2.05, 4.69) is 9.88 Å². The molecule has 3 heterocycles. The highest BCUT2D eigenvalue weighted by Crippen LogP contribution is 2.31. The van der Waals surface area contributed by atoms with Crippen LogP contribution in [0.1, 0.15) is 17.2 Å². The van der Waals surface area contributed by atoms with Gasteiger partial charge in [-0.25, -0.2) is 0 Å². The van der Waals surface area contributed by atoms with Gasteiger partial charge in [0.05, 0.1) is 0 Å². The number of fused-ring (bicyclic) bond motifs is 1. The van der Waals surface area contributed by atoms with E-state index in [-0.39, 0.29) is 6.54 Å². The Morgan fingerprint density at radius 2 is 1.71 bits per heavy atom. The Bertz CT molecular complexity index is 1060. The minimum atomic E-state index is -0.956. The first-order chi connectivity index (χ1) is 15.0. The number of hydrogen-bond acceptors (Lipinski definition) is 5. The number of rotatable bonds is 8. The maximum absolute atomic E-state index is 12.3. The molecule has 31 heavy (non-hydrogen) atoms. The number of piperazine rings is 1. The Balaban J connectivity index is 1.49. The van der Waals surface area contributed by atoms with Crippen molar-refractivity contribution < 1.29 is 19.8 Å². The monoisotopic (exact) mass is 422 g/mol. The van der Waals surface area contributed by atoms with Crippen LogP contribution in [-0.4, -0.2) is 74.2 Å². The molecule has 1 atom stereocenters. The van der Waals surface area contributed by atoms with Crippen LogP contribution >= 0.6 is 0 Å². The van der Waals surface area contributed by atoms with Gasteiger partial charge in [-0.05, 0) is 30.2 Å². The number of benzene rings is 1. The average molecular weight is 422 g/mol. The van der Waals surface area contributed by atoms with Crippen LogP contribution in [0.3, 0.4) is 0 Å². The Morgan fingerprint density at radius 1 is 1.00 bits per heavy atom. The van der Waals surface area contributed by atoms with Gasteiger partial charge in [0.15, 0.2) is 0 Å². The normalized spacial score (nSPS) is 16.4. The van der Waals surface area contributed by atoms with E-state index >= 15 is 0 Å². The highest BCUT2D eigenvalue weighted by molar-refractivity contribution is 5.90. The smallest absolute Gasteiger partial charge is 0.325 e. The zero-order chi connectivity index (χ0) is 21.8. The maximum Gasteiger partial charge on any atom is 0.325 e. The standard InChI is InChI=1S/C23H26N4O4/c28-21(29)16-27-15-19(18-3-1-2-4-20(18)27)22(23(30)31)26-13-11-25(12-14-26)10-7-17-5-8-24-9-6-17/h1-6,8-9,15,22H,7,10-14,16H2,(H,28,29)(H,30,31)/t22-/m0/s1. The molecule has 2 aromatic heterocycles. The second kappa shape index (κ2) is 9.28. The van der Waals surface area contributed by atoms with E-state index in [0.717, 1.165) is 37.0 Å². The van der Waals surface area contributed by atoms with E-state index in [1.165, 1.54) is 5.56 Å². The fourth-order valence-corrected chi connectivity index (χ4v) is 4.34. The summed E-state index contributed by atoms with van der Waals surface area (Å²) < 4.78 is 1.62. The minimum Gasteiger partial charge on any atom is -0.480 e. The third kappa shape index (κ3) is 4.76. The van der Waals surface area contributed by atoms with Crippen LogP contribution in [-0.2, 0) is 22.6 Å². The Morgan fingerprint density at radius 3 is 2.39 bits per heavy atom. The van der Waals surface area contributed by atoms with Crippen LogP contribution in [0, 0.1) is 0 Å². The van der Waals surface area contributed by atoms with Crippen LogP contribution in [0.15, 0.2) is 55.0 Å². The van der Waals surface area contributed by atoms with Crippen molar-refractivity contribution in [1.82, 2.24) is 19.4 Å². The lowest BCUT2D eigenvalue weighted by atomic mass is 10.0. The molecule has 0 unspecified atom stereocenters. The number of pyridine rings is 1. The summed E-state index contributed by atoms with van der Waals surface area (Å²) in [7, 11) is 0. The topological polar surface area (TPSA) is 98.9 Å². The Labute approximate surface area is 180 Å². The van der Waals surface area contributed by atoms with Gasteiger partial charge in [0, 0.05) is 67.8 Å². The predicted octanol–water partition coefficient (Wildman–Crippen LogP) is 2.11. The van der Waals surface area contributed by atoms with Gasteiger partial charge in [-0.1, -0.05) is 18.2 Å². The summed E-state index contributed by atoms with van der Waals surface area (Å²) in [6.07, 6.45) is 6.22. The first-order valence-electron chi connectivity index (χ1n) is 10.4. The van der Waals surface area contributed by atoms with Crippen molar-refractivity contribution in [3.63, 3.8) is 0 Å². The SMILES string of the molecule is O=C(O)Cn1cc([C@@H](C(=O)O)N2CCN(CCc3ccncc3)CC2)c2ccccc21. The zero-order valence-electron chi connectivity index (χ0n) is 17.2. The van der Waals surface area contributed by atoms with Gasteiger partial charge in [-0.3, -0.25) is 19.5 Å². The lowest BCUT2D eigenvalue weighted by molar-refractivity contribution is -0.144. The summed E-state index contributed by atoms with van der Waals surface area (Å²) >= 11 is 0. The number of carboxylic acids is 2. The molecule has 0 bridgehead atoms. The molecule has 0 radical (unpaired) electrons. The zero-order valence-corrected chi connectivity index (χ0v) is 17.2. The summed E-state index contributed by atoms with van der Waals surface area (Å²) in [4.78, 5) is 31.9. The molecule has 1 aliphatic heterocycles. The third-order valence-corrected chi connectivity index (χ3v) is 5.89. The molecule has 0 amide bonds. The van der Waals surface area contributed by atoms with Crippen molar-refractivity contribution >= 4 is 22.8 Å². The van der Waals surface area contributed by atoms with Crippen LogP contribution < -0.4 is 0 Å². The predicted molar refractivity (Wildman–Crippen MR) is 116 cm³/mol. The van der Waals surface area contributed by atoms with Crippen molar-refractivity contribution in [2.24, 2.45) is 0 Å². The van der Waals surface area contributed by atoms with Gasteiger partial charge in [0.25, 0.3) is 0 Å². The molecule has 162 valence electrons. The van der Waals surface area contributed by atoms with Gasteiger partial charge in [-0.15, -0.1) is 0 Å². The molecule has 4 rings (SSSR count). The summed E-state index contributed by atoms with van der Waals surface area (Å²) in [5, 5.41) is 20.1. The van der Waals surface area contributed by atoms with Crippen molar-refractivity contribution in [2.75, 3.05) is 32.7 Å². The molecule has 8 heteroatoms. The molecule has 2 N–H and O–H groups in total. The van der Waals surface area contributed by atoms with Crippen molar-refractivity contribution in [3.05, 3.63) is 66.1 Å². The van der Waals surface area contributed by atoms with Crippen LogP contribution in [0.2, 0.25) is 0 Å². The number of carbonyl (C=O) groups is 2. The molecule has 1 fully saturated rings. The molecule has 8 nitrogen and oxygen atoms in total.